The summed E-state index contributed by atoms with van der Waals surface area (Å²) in [4.78, 5) is 20.1. The predicted octanol–water partition coefficient (Wildman–Crippen LogP) is 4.92. The average Bonchev–Trinajstić information content (AvgIpc) is 3.40. The molecule has 5 nitrogen and oxygen atoms in total. The van der Waals surface area contributed by atoms with Crippen LogP contribution in [0.15, 0.2) is 81.1 Å². The summed E-state index contributed by atoms with van der Waals surface area (Å²) >= 11 is 1.71. The first-order valence-electron chi connectivity index (χ1n) is 10.8. The summed E-state index contributed by atoms with van der Waals surface area (Å²) < 4.78 is 5.54. The molecule has 2 aromatic carbocycles. The van der Waals surface area contributed by atoms with Gasteiger partial charge in [-0.3, -0.25) is 14.6 Å². The summed E-state index contributed by atoms with van der Waals surface area (Å²) in [5.41, 5.74) is 0.968. The molecule has 3 aliphatic heterocycles. The Kier molecular flexibility index (Phi) is 4.49. The number of anilines is 2. The minimum Gasteiger partial charge on any atom is -0.466 e. The SMILES string of the molecule is O=C(CN1C2CCC1CC(O)(c1ccco1)C2)N1c2ccccc2Sc2ccccc21. The molecule has 31 heavy (non-hydrogen) atoms. The lowest BCUT2D eigenvalue weighted by molar-refractivity contribution is -0.123. The fraction of sp³-hybridized carbons (Fsp3) is 0.320. The molecule has 2 bridgehead atoms. The molecule has 2 saturated heterocycles. The van der Waals surface area contributed by atoms with Gasteiger partial charge in [-0.15, -0.1) is 0 Å². The number of para-hydroxylation sites is 2. The normalized spacial score (nSPS) is 27.1. The lowest BCUT2D eigenvalue weighted by atomic mass is 9.84. The molecular weight excluding hydrogens is 408 g/mol. The van der Waals surface area contributed by atoms with E-state index in [1.165, 1.54) is 0 Å². The molecule has 1 aromatic heterocycles. The first kappa shape index (κ1) is 19.2. The van der Waals surface area contributed by atoms with Crippen molar-refractivity contribution in [1.29, 1.82) is 0 Å². The van der Waals surface area contributed by atoms with Crippen LogP contribution in [-0.4, -0.2) is 34.5 Å². The number of carbonyl (C=O) groups is 1. The van der Waals surface area contributed by atoms with E-state index in [0.29, 0.717) is 25.1 Å². The Hall–Kier alpha value is -2.54. The minimum absolute atomic E-state index is 0.0838. The summed E-state index contributed by atoms with van der Waals surface area (Å²) in [5, 5.41) is 11.3. The molecule has 0 spiro atoms. The van der Waals surface area contributed by atoms with Crippen molar-refractivity contribution in [3.63, 3.8) is 0 Å². The van der Waals surface area contributed by atoms with Crippen LogP contribution in [0.1, 0.15) is 31.4 Å². The van der Waals surface area contributed by atoms with Crippen LogP contribution < -0.4 is 4.90 Å². The molecule has 3 aromatic rings. The van der Waals surface area contributed by atoms with E-state index in [0.717, 1.165) is 34.0 Å². The number of fused-ring (bicyclic) bond motifs is 4. The fourth-order valence-electron chi connectivity index (χ4n) is 5.52. The number of amides is 1. The van der Waals surface area contributed by atoms with Crippen molar-refractivity contribution in [2.24, 2.45) is 0 Å². The van der Waals surface area contributed by atoms with Crippen LogP contribution in [0, 0.1) is 0 Å². The summed E-state index contributed by atoms with van der Waals surface area (Å²) in [6, 6.07) is 20.3. The third-order valence-corrected chi connectivity index (χ3v) is 8.03. The van der Waals surface area contributed by atoms with Crippen molar-refractivity contribution < 1.29 is 14.3 Å². The smallest absolute Gasteiger partial charge is 0.245 e. The molecule has 2 fully saturated rings. The Morgan fingerprint density at radius 3 is 2.16 bits per heavy atom. The van der Waals surface area contributed by atoms with Crippen molar-refractivity contribution in [2.45, 2.75) is 53.2 Å². The molecule has 0 saturated carbocycles. The van der Waals surface area contributed by atoms with Gasteiger partial charge in [0.2, 0.25) is 5.91 Å². The van der Waals surface area contributed by atoms with Crippen LogP contribution in [0.4, 0.5) is 11.4 Å². The summed E-state index contributed by atoms with van der Waals surface area (Å²) in [6.07, 6.45) is 4.84. The van der Waals surface area contributed by atoms with Crippen LogP contribution in [0.25, 0.3) is 0 Å². The zero-order valence-electron chi connectivity index (χ0n) is 17.1. The second-order valence-corrected chi connectivity index (χ2v) is 9.82. The quantitative estimate of drug-likeness (QED) is 0.636. The van der Waals surface area contributed by atoms with E-state index >= 15 is 0 Å². The maximum absolute atomic E-state index is 13.7. The summed E-state index contributed by atoms with van der Waals surface area (Å²) in [7, 11) is 0. The molecule has 2 atom stereocenters. The summed E-state index contributed by atoms with van der Waals surface area (Å²) in [5.74, 6) is 0.729. The molecule has 0 radical (unpaired) electrons. The first-order chi connectivity index (χ1) is 15.1. The molecule has 6 rings (SSSR count). The highest BCUT2D eigenvalue weighted by molar-refractivity contribution is 7.99. The number of rotatable bonds is 3. The number of benzene rings is 2. The van der Waals surface area contributed by atoms with Gasteiger partial charge in [-0.25, -0.2) is 0 Å². The van der Waals surface area contributed by atoms with E-state index < -0.39 is 5.60 Å². The topological polar surface area (TPSA) is 56.9 Å². The van der Waals surface area contributed by atoms with Gasteiger partial charge >= 0.3 is 0 Å². The third-order valence-electron chi connectivity index (χ3n) is 6.90. The lowest BCUT2D eigenvalue weighted by Gasteiger charge is -2.43. The van der Waals surface area contributed by atoms with Crippen molar-refractivity contribution in [2.75, 3.05) is 11.4 Å². The number of nitrogens with zero attached hydrogens (tertiary/aromatic N) is 2. The highest BCUT2D eigenvalue weighted by Crippen LogP contribution is 2.49. The number of furan rings is 1. The maximum Gasteiger partial charge on any atom is 0.245 e. The number of carbonyl (C=O) groups excluding carboxylic acids is 1. The molecule has 4 heterocycles. The Morgan fingerprint density at radius 1 is 0.968 bits per heavy atom. The molecule has 0 aliphatic carbocycles. The molecule has 1 N–H and O–H groups in total. The zero-order chi connectivity index (χ0) is 21.0. The Balaban J connectivity index is 1.28. The van der Waals surface area contributed by atoms with Crippen LogP contribution in [0.5, 0.6) is 0 Å². The van der Waals surface area contributed by atoms with Gasteiger partial charge in [0.25, 0.3) is 0 Å². The first-order valence-corrected chi connectivity index (χ1v) is 11.6. The number of hydrogen-bond acceptors (Lipinski definition) is 5. The van der Waals surface area contributed by atoms with E-state index in [1.54, 1.807) is 18.0 Å². The lowest BCUT2D eigenvalue weighted by Crippen LogP contribution is -2.52. The maximum atomic E-state index is 13.7. The highest BCUT2D eigenvalue weighted by Gasteiger charge is 2.50. The van der Waals surface area contributed by atoms with Gasteiger partial charge < -0.3 is 9.52 Å². The molecular formula is C25H24N2O3S. The summed E-state index contributed by atoms with van der Waals surface area (Å²) in [6.45, 7) is 0.358. The Bertz CT molecular complexity index is 1070. The van der Waals surface area contributed by atoms with Gasteiger partial charge in [-0.05, 0) is 62.1 Å². The highest BCUT2D eigenvalue weighted by atomic mass is 32.2. The molecule has 1 amide bonds. The van der Waals surface area contributed by atoms with Gasteiger partial charge in [0.15, 0.2) is 0 Å². The van der Waals surface area contributed by atoms with Crippen molar-refractivity contribution >= 4 is 29.0 Å². The predicted molar refractivity (Wildman–Crippen MR) is 120 cm³/mol. The Labute approximate surface area is 185 Å². The van der Waals surface area contributed by atoms with E-state index in [2.05, 4.69) is 17.0 Å². The zero-order valence-corrected chi connectivity index (χ0v) is 17.9. The van der Waals surface area contributed by atoms with Crippen LogP contribution in [-0.2, 0) is 10.4 Å². The number of piperidine rings is 1. The van der Waals surface area contributed by atoms with E-state index in [1.807, 2.05) is 53.4 Å². The Morgan fingerprint density at radius 2 is 1.58 bits per heavy atom. The van der Waals surface area contributed by atoms with Crippen molar-refractivity contribution in [1.82, 2.24) is 4.90 Å². The van der Waals surface area contributed by atoms with Crippen molar-refractivity contribution in [3.05, 3.63) is 72.7 Å². The molecule has 3 aliphatic rings. The van der Waals surface area contributed by atoms with Gasteiger partial charge in [-0.1, -0.05) is 36.0 Å². The third kappa shape index (κ3) is 3.13. The van der Waals surface area contributed by atoms with Crippen LogP contribution >= 0.6 is 11.8 Å². The largest absolute Gasteiger partial charge is 0.466 e. The molecule has 158 valence electrons. The van der Waals surface area contributed by atoms with E-state index in [4.69, 9.17) is 4.42 Å². The van der Waals surface area contributed by atoms with Crippen molar-refractivity contribution in [3.8, 4) is 0 Å². The number of hydrogen-bond donors (Lipinski definition) is 1. The van der Waals surface area contributed by atoms with Crippen LogP contribution in [0.2, 0.25) is 0 Å². The standard InChI is InChI=1S/C25H24N2O3S/c28-24(27-19-6-1-3-8-21(19)31-22-9-4-2-7-20(22)27)16-26-17-11-12-18(26)15-25(29,14-17)23-10-5-13-30-23/h1-10,13,17-18,29H,11-12,14-16H2. The van der Waals surface area contributed by atoms with Gasteiger partial charge in [0.05, 0.1) is 24.2 Å². The van der Waals surface area contributed by atoms with Gasteiger partial charge in [-0.2, -0.15) is 0 Å². The molecule has 6 heteroatoms. The van der Waals surface area contributed by atoms with E-state index in [9.17, 15) is 9.90 Å². The second-order valence-electron chi connectivity index (χ2n) is 8.74. The van der Waals surface area contributed by atoms with Gasteiger partial charge in [0, 0.05) is 21.9 Å². The monoisotopic (exact) mass is 432 g/mol. The van der Waals surface area contributed by atoms with E-state index in [-0.39, 0.29) is 18.0 Å². The fourth-order valence-corrected chi connectivity index (χ4v) is 6.58. The van der Waals surface area contributed by atoms with Gasteiger partial charge in [0.1, 0.15) is 11.4 Å². The molecule has 2 unspecified atom stereocenters. The minimum atomic E-state index is -0.935. The second kappa shape index (κ2) is 7.26. The average molecular weight is 433 g/mol. The van der Waals surface area contributed by atoms with Crippen LogP contribution in [0.3, 0.4) is 0 Å². The number of aliphatic hydroxyl groups is 1.